The molecule has 29 heavy (non-hydrogen) atoms. The van der Waals surface area contributed by atoms with Crippen LogP contribution in [-0.2, 0) is 0 Å². The van der Waals surface area contributed by atoms with Crippen molar-refractivity contribution < 1.29 is 35.9 Å². The first-order chi connectivity index (χ1) is 13.6. The maximum Gasteiger partial charge on any atom is 0.391 e. The standard InChI is InChI=1S/C17H21F3N2O2S.CHF3/c18-17(19,20)12-6-8-22(9-7-12)16(24)14-13(10-23)25-15(21-14)11-4-2-1-3-5-11;2-1(3)4/h10-12H,1-9H2;1H. The lowest BCUT2D eigenvalue weighted by atomic mass is 9.90. The van der Waals surface area contributed by atoms with Crippen molar-refractivity contribution in [3.05, 3.63) is 15.6 Å². The van der Waals surface area contributed by atoms with E-state index in [1.165, 1.54) is 22.7 Å². The van der Waals surface area contributed by atoms with Gasteiger partial charge in [0.15, 0.2) is 6.29 Å². The molecule has 0 atom stereocenters. The van der Waals surface area contributed by atoms with Gasteiger partial charge in [-0.2, -0.15) is 26.3 Å². The van der Waals surface area contributed by atoms with E-state index in [2.05, 4.69) is 4.98 Å². The van der Waals surface area contributed by atoms with Crippen molar-refractivity contribution in [2.75, 3.05) is 13.1 Å². The van der Waals surface area contributed by atoms with Crippen LogP contribution in [0.1, 0.15) is 76.0 Å². The molecule has 2 fully saturated rings. The topological polar surface area (TPSA) is 50.3 Å². The highest BCUT2D eigenvalue weighted by Crippen LogP contribution is 2.37. The number of hydrogen-bond acceptors (Lipinski definition) is 4. The van der Waals surface area contributed by atoms with E-state index in [4.69, 9.17) is 0 Å². The quantitative estimate of drug-likeness (QED) is 0.451. The van der Waals surface area contributed by atoms with Crippen molar-refractivity contribution in [2.45, 2.75) is 63.7 Å². The molecule has 1 aliphatic heterocycles. The lowest BCUT2D eigenvalue weighted by molar-refractivity contribution is -0.183. The fourth-order valence-electron chi connectivity index (χ4n) is 3.67. The van der Waals surface area contributed by atoms with E-state index in [1.54, 1.807) is 0 Å². The van der Waals surface area contributed by atoms with Crippen LogP contribution in [0.25, 0.3) is 0 Å². The summed E-state index contributed by atoms with van der Waals surface area (Å²) in [6.45, 7) is -3.56. The molecule has 164 valence electrons. The highest BCUT2D eigenvalue weighted by atomic mass is 32.1. The maximum absolute atomic E-state index is 12.8. The van der Waals surface area contributed by atoms with Crippen LogP contribution in [0.4, 0.5) is 26.3 Å². The Balaban J connectivity index is 0.000000687. The fraction of sp³-hybridized carbons (Fsp3) is 0.722. The number of likely N-dealkylation sites (tertiary alicyclic amines) is 1. The Bertz CT molecular complexity index is 678. The van der Waals surface area contributed by atoms with E-state index >= 15 is 0 Å². The Labute approximate surface area is 168 Å². The monoisotopic (exact) mass is 444 g/mol. The van der Waals surface area contributed by atoms with Gasteiger partial charge in [0.2, 0.25) is 0 Å². The van der Waals surface area contributed by atoms with Gasteiger partial charge in [0, 0.05) is 19.0 Å². The second-order valence-electron chi connectivity index (χ2n) is 7.07. The number of halogens is 6. The van der Waals surface area contributed by atoms with Gasteiger partial charge in [-0.3, -0.25) is 9.59 Å². The molecule has 0 aromatic carbocycles. The van der Waals surface area contributed by atoms with Crippen LogP contribution in [0.5, 0.6) is 0 Å². The number of aldehydes is 1. The van der Waals surface area contributed by atoms with Crippen molar-refractivity contribution in [3.8, 4) is 0 Å². The molecule has 2 aliphatic rings. The summed E-state index contributed by atoms with van der Waals surface area (Å²) in [7, 11) is 0. The first-order valence-corrected chi connectivity index (χ1v) is 10.2. The molecule has 1 saturated carbocycles. The number of alkyl halides is 6. The number of nitrogens with zero attached hydrogens (tertiary/aromatic N) is 2. The van der Waals surface area contributed by atoms with Crippen LogP contribution in [0.2, 0.25) is 0 Å². The van der Waals surface area contributed by atoms with Crippen molar-refractivity contribution in [2.24, 2.45) is 5.92 Å². The third kappa shape index (κ3) is 6.68. The summed E-state index contributed by atoms with van der Waals surface area (Å²) in [6, 6.07) is 0. The second kappa shape index (κ2) is 10.4. The lowest BCUT2D eigenvalue weighted by Gasteiger charge is -2.32. The number of aromatic nitrogens is 1. The van der Waals surface area contributed by atoms with Crippen LogP contribution < -0.4 is 0 Å². The molecule has 1 aromatic rings. The van der Waals surface area contributed by atoms with E-state index in [0.717, 1.165) is 30.7 Å². The van der Waals surface area contributed by atoms with E-state index in [-0.39, 0.29) is 37.5 Å². The molecule has 1 aromatic heterocycles. The average Bonchev–Trinajstić information content (AvgIpc) is 3.11. The van der Waals surface area contributed by atoms with Crippen LogP contribution in [0.3, 0.4) is 0 Å². The predicted molar refractivity (Wildman–Crippen MR) is 95.1 cm³/mol. The van der Waals surface area contributed by atoms with Gasteiger partial charge in [-0.1, -0.05) is 19.3 Å². The van der Waals surface area contributed by atoms with Crippen LogP contribution in [0, 0.1) is 5.92 Å². The molecule has 1 aliphatic carbocycles. The minimum Gasteiger partial charge on any atom is -0.337 e. The fourth-order valence-corrected chi connectivity index (χ4v) is 4.71. The molecular formula is C18H22F6N2O2S. The Morgan fingerprint density at radius 3 is 2.10 bits per heavy atom. The van der Waals surface area contributed by atoms with Crippen molar-refractivity contribution in [3.63, 3.8) is 0 Å². The molecule has 3 rings (SSSR count). The van der Waals surface area contributed by atoms with Gasteiger partial charge in [0.1, 0.15) is 5.69 Å². The third-order valence-electron chi connectivity index (χ3n) is 5.18. The smallest absolute Gasteiger partial charge is 0.337 e. The molecule has 0 N–H and O–H groups in total. The van der Waals surface area contributed by atoms with Gasteiger partial charge in [-0.15, -0.1) is 11.3 Å². The van der Waals surface area contributed by atoms with Gasteiger partial charge in [-0.05, 0) is 25.7 Å². The van der Waals surface area contributed by atoms with Gasteiger partial charge in [0.25, 0.3) is 5.91 Å². The molecule has 1 amide bonds. The number of carbonyl (C=O) groups excluding carboxylic acids is 2. The van der Waals surface area contributed by atoms with Gasteiger partial charge < -0.3 is 4.90 Å². The van der Waals surface area contributed by atoms with Crippen LogP contribution in [0.15, 0.2) is 0 Å². The highest BCUT2D eigenvalue weighted by Gasteiger charge is 2.42. The predicted octanol–water partition coefficient (Wildman–Crippen LogP) is 5.60. The number of carbonyl (C=O) groups is 2. The number of thiazole rings is 1. The van der Waals surface area contributed by atoms with Crippen molar-refractivity contribution in [1.29, 1.82) is 0 Å². The van der Waals surface area contributed by atoms with Gasteiger partial charge >= 0.3 is 12.9 Å². The molecule has 1 saturated heterocycles. The zero-order valence-electron chi connectivity index (χ0n) is 15.6. The number of hydrogen-bond donors (Lipinski definition) is 0. The largest absolute Gasteiger partial charge is 0.391 e. The summed E-state index contributed by atoms with van der Waals surface area (Å²) in [5, 5.41) is 0.815. The molecular weight excluding hydrogens is 422 g/mol. The van der Waals surface area contributed by atoms with Crippen molar-refractivity contribution in [1.82, 2.24) is 9.88 Å². The van der Waals surface area contributed by atoms with Crippen LogP contribution in [-0.4, -0.2) is 48.0 Å². The maximum atomic E-state index is 12.8. The Kier molecular flexibility index (Phi) is 8.47. The zero-order valence-corrected chi connectivity index (χ0v) is 16.4. The number of amides is 1. The second-order valence-corrected chi connectivity index (χ2v) is 8.14. The first-order valence-electron chi connectivity index (χ1n) is 9.37. The Morgan fingerprint density at radius 2 is 1.62 bits per heavy atom. The summed E-state index contributed by atoms with van der Waals surface area (Å²) >= 11 is 1.26. The third-order valence-corrected chi connectivity index (χ3v) is 6.32. The molecule has 2 heterocycles. The summed E-state index contributed by atoms with van der Waals surface area (Å²) < 4.78 is 67.3. The Morgan fingerprint density at radius 1 is 1.07 bits per heavy atom. The SMILES string of the molecule is FC(F)F.O=Cc1sc(C2CCCCC2)nc1C(=O)N1CCC(C(F)(F)F)CC1. The summed E-state index contributed by atoms with van der Waals surface area (Å²) in [6.07, 6.45) is 1.70. The van der Waals surface area contributed by atoms with E-state index in [1.807, 2.05) is 0 Å². The molecule has 0 spiro atoms. The Hall–Kier alpha value is -1.65. The molecule has 11 heteroatoms. The minimum atomic E-state index is -4.21. The van der Waals surface area contributed by atoms with E-state index in [9.17, 15) is 35.9 Å². The molecule has 0 radical (unpaired) electrons. The van der Waals surface area contributed by atoms with E-state index < -0.39 is 24.7 Å². The van der Waals surface area contributed by atoms with E-state index in [0.29, 0.717) is 11.2 Å². The summed E-state index contributed by atoms with van der Waals surface area (Å²) in [5.41, 5.74) is 0.117. The van der Waals surface area contributed by atoms with Gasteiger partial charge in [-0.25, -0.2) is 4.98 Å². The molecule has 0 unspecified atom stereocenters. The lowest BCUT2D eigenvalue weighted by Crippen LogP contribution is -2.42. The van der Waals surface area contributed by atoms with Crippen molar-refractivity contribution >= 4 is 23.5 Å². The first kappa shape index (κ1) is 23.6. The highest BCUT2D eigenvalue weighted by molar-refractivity contribution is 7.13. The molecule has 0 bridgehead atoms. The molecule has 4 nitrogen and oxygen atoms in total. The summed E-state index contributed by atoms with van der Waals surface area (Å²) in [5.74, 6) is -1.48. The summed E-state index contributed by atoms with van der Waals surface area (Å²) in [4.78, 5) is 30.1. The van der Waals surface area contributed by atoms with Crippen LogP contribution >= 0.6 is 11.3 Å². The average molecular weight is 444 g/mol. The minimum absolute atomic E-state index is 0.0532. The number of piperidine rings is 1. The number of rotatable bonds is 3. The van der Waals surface area contributed by atoms with Gasteiger partial charge in [0.05, 0.1) is 15.8 Å². The normalized spacial score (nSPS) is 19.1. The zero-order chi connectivity index (χ0) is 21.6.